The average molecular weight is 260 g/mol. The number of ether oxygens (including phenoxy) is 1. The molecule has 0 amide bonds. The predicted molar refractivity (Wildman–Crippen MR) is 60.3 cm³/mol. The Morgan fingerprint density at radius 3 is 2.71 bits per heavy atom. The third kappa shape index (κ3) is 2.93. The average Bonchev–Trinajstić information content (AvgIpc) is 3.11. The maximum Gasteiger partial charge on any atom is 0.279 e. The van der Waals surface area contributed by atoms with Crippen LogP contribution < -0.4 is 9.46 Å². The summed E-state index contributed by atoms with van der Waals surface area (Å²) in [6.07, 6.45) is 0. The maximum atomic E-state index is 13.3. The molecule has 1 aliphatic heterocycles. The van der Waals surface area contributed by atoms with Gasteiger partial charge in [-0.25, -0.2) is 4.39 Å². The number of methoxy groups -OCH3 is 1. The van der Waals surface area contributed by atoms with Crippen molar-refractivity contribution in [3.8, 4) is 5.75 Å². The van der Waals surface area contributed by atoms with Gasteiger partial charge in [0.2, 0.25) is 0 Å². The van der Waals surface area contributed by atoms with Crippen molar-refractivity contribution < 1.29 is 17.5 Å². The van der Waals surface area contributed by atoms with E-state index in [0.29, 0.717) is 18.7 Å². The lowest BCUT2D eigenvalue weighted by molar-refractivity contribution is 0.386. The van der Waals surface area contributed by atoms with Gasteiger partial charge in [-0.2, -0.15) is 17.4 Å². The van der Waals surface area contributed by atoms with Crippen LogP contribution in [0.15, 0.2) is 18.2 Å². The summed E-state index contributed by atoms with van der Waals surface area (Å²) in [6.45, 7) is 1.17. The van der Waals surface area contributed by atoms with Gasteiger partial charge in [0.15, 0.2) is 11.6 Å². The third-order valence-electron chi connectivity index (χ3n) is 2.42. The molecule has 17 heavy (non-hydrogen) atoms. The van der Waals surface area contributed by atoms with Crippen molar-refractivity contribution in [3.05, 3.63) is 29.6 Å². The number of benzene rings is 1. The Kier molecular flexibility index (Phi) is 3.32. The molecule has 1 N–H and O–H groups in total. The molecule has 0 bridgehead atoms. The molecule has 1 saturated heterocycles. The van der Waals surface area contributed by atoms with Gasteiger partial charge >= 0.3 is 0 Å². The van der Waals surface area contributed by atoms with Crippen LogP contribution in [0.2, 0.25) is 0 Å². The molecule has 7 heteroatoms. The van der Waals surface area contributed by atoms with Crippen LogP contribution in [0.3, 0.4) is 0 Å². The van der Waals surface area contributed by atoms with Crippen LogP contribution in [0.1, 0.15) is 5.56 Å². The predicted octanol–water partition coefficient (Wildman–Crippen LogP) is 0.484. The van der Waals surface area contributed by atoms with Crippen molar-refractivity contribution in [2.24, 2.45) is 0 Å². The summed E-state index contributed by atoms with van der Waals surface area (Å²) >= 11 is 0. The smallest absolute Gasteiger partial charge is 0.279 e. The fourth-order valence-corrected chi connectivity index (χ4v) is 2.46. The van der Waals surface area contributed by atoms with Crippen LogP contribution in [0, 0.1) is 5.82 Å². The molecular formula is C10H13FN2O3S. The standard InChI is InChI=1S/C10H13FN2O3S/c1-16-10-3-2-8(6-9(10)11)7-12-17(14,15)13-4-5-13/h2-3,6,12H,4-5,7H2,1H3. The second kappa shape index (κ2) is 4.59. The Hall–Kier alpha value is -1.18. The quantitative estimate of drug-likeness (QED) is 0.784. The third-order valence-corrected chi connectivity index (χ3v) is 3.98. The first-order valence-electron chi connectivity index (χ1n) is 5.10. The lowest BCUT2D eigenvalue weighted by Crippen LogP contribution is -2.29. The van der Waals surface area contributed by atoms with Gasteiger partial charge in [0, 0.05) is 19.6 Å². The Balaban J connectivity index is 2.02. The van der Waals surface area contributed by atoms with Crippen molar-refractivity contribution >= 4 is 10.2 Å². The topological polar surface area (TPSA) is 58.4 Å². The van der Waals surface area contributed by atoms with Gasteiger partial charge in [0.25, 0.3) is 10.2 Å². The molecule has 1 aromatic rings. The van der Waals surface area contributed by atoms with Crippen LogP contribution in [0.4, 0.5) is 4.39 Å². The summed E-state index contributed by atoms with van der Waals surface area (Å²) in [4.78, 5) is 0. The van der Waals surface area contributed by atoms with Gasteiger partial charge < -0.3 is 4.74 Å². The number of rotatable bonds is 5. The van der Waals surface area contributed by atoms with Crippen molar-refractivity contribution in [3.63, 3.8) is 0 Å². The highest BCUT2D eigenvalue weighted by molar-refractivity contribution is 7.87. The van der Waals surface area contributed by atoms with Gasteiger partial charge in [-0.1, -0.05) is 6.07 Å². The Labute approximate surface area is 99.4 Å². The molecule has 0 atom stereocenters. The number of hydrogen-bond acceptors (Lipinski definition) is 3. The minimum absolute atomic E-state index is 0.0692. The highest BCUT2D eigenvalue weighted by atomic mass is 32.2. The Bertz CT molecular complexity index is 514. The van der Waals surface area contributed by atoms with E-state index in [1.807, 2.05) is 0 Å². The molecule has 0 aliphatic carbocycles. The zero-order chi connectivity index (χ0) is 12.5. The Morgan fingerprint density at radius 1 is 1.47 bits per heavy atom. The maximum absolute atomic E-state index is 13.3. The van der Waals surface area contributed by atoms with Crippen LogP contribution in [-0.4, -0.2) is 32.9 Å². The molecule has 0 radical (unpaired) electrons. The van der Waals surface area contributed by atoms with Crippen LogP contribution in [0.5, 0.6) is 5.75 Å². The van der Waals surface area contributed by atoms with E-state index >= 15 is 0 Å². The number of nitrogens with zero attached hydrogens (tertiary/aromatic N) is 1. The van der Waals surface area contributed by atoms with E-state index in [-0.39, 0.29) is 12.3 Å². The van der Waals surface area contributed by atoms with Gasteiger partial charge in [0.1, 0.15) is 0 Å². The molecule has 1 aliphatic rings. The van der Waals surface area contributed by atoms with Crippen molar-refractivity contribution in [2.45, 2.75) is 6.54 Å². The summed E-state index contributed by atoms with van der Waals surface area (Å²) in [6, 6.07) is 4.34. The summed E-state index contributed by atoms with van der Waals surface area (Å²) < 4.78 is 44.7. The molecule has 1 heterocycles. The zero-order valence-electron chi connectivity index (χ0n) is 9.31. The molecule has 1 fully saturated rings. The van der Waals surface area contributed by atoms with Gasteiger partial charge in [-0.15, -0.1) is 0 Å². The lowest BCUT2D eigenvalue weighted by Gasteiger charge is -2.08. The highest BCUT2D eigenvalue weighted by Gasteiger charge is 2.31. The fraction of sp³-hybridized carbons (Fsp3) is 0.400. The van der Waals surface area contributed by atoms with Gasteiger partial charge in [0.05, 0.1) is 7.11 Å². The molecule has 0 saturated carbocycles. The number of halogens is 1. The lowest BCUT2D eigenvalue weighted by atomic mass is 10.2. The van der Waals surface area contributed by atoms with Crippen molar-refractivity contribution in [1.82, 2.24) is 9.03 Å². The molecule has 0 spiro atoms. The van der Waals surface area contributed by atoms with E-state index in [4.69, 9.17) is 4.74 Å². The highest BCUT2D eigenvalue weighted by Crippen LogP contribution is 2.18. The summed E-state index contributed by atoms with van der Waals surface area (Å²) in [7, 11) is -2.01. The molecule has 0 aromatic heterocycles. The normalized spacial score (nSPS) is 15.9. The number of nitrogens with one attached hydrogen (secondary N) is 1. The summed E-state index contributed by atoms with van der Waals surface area (Å²) in [5, 5.41) is 0. The molecular weight excluding hydrogens is 247 g/mol. The largest absolute Gasteiger partial charge is 0.494 e. The second-order valence-electron chi connectivity index (χ2n) is 3.69. The van der Waals surface area contributed by atoms with E-state index < -0.39 is 16.0 Å². The Morgan fingerprint density at radius 2 is 2.18 bits per heavy atom. The minimum Gasteiger partial charge on any atom is -0.494 e. The first kappa shape index (κ1) is 12.3. The van der Waals surface area contributed by atoms with E-state index in [2.05, 4.69) is 4.72 Å². The molecule has 2 rings (SSSR count). The minimum atomic E-state index is -3.38. The molecule has 5 nitrogen and oxygen atoms in total. The van der Waals surface area contributed by atoms with Crippen LogP contribution >= 0.6 is 0 Å². The molecule has 0 unspecified atom stereocenters. The van der Waals surface area contributed by atoms with Crippen molar-refractivity contribution in [2.75, 3.05) is 20.2 Å². The summed E-state index contributed by atoms with van der Waals surface area (Å²) in [5.74, 6) is -0.363. The molecule has 94 valence electrons. The van der Waals surface area contributed by atoms with Crippen LogP contribution in [-0.2, 0) is 16.8 Å². The van der Waals surface area contributed by atoms with Gasteiger partial charge in [-0.05, 0) is 17.7 Å². The van der Waals surface area contributed by atoms with E-state index in [9.17, 15) is 12.8 Å². The second-order valence-corrected chi connectivity index (χ2v) is 5.45. The fourth-order valence-electron chi connectivity index (χ4n) is 1.37. The first-order chi connectivity index (χ1) is 8.03. The van der Waals surface area contributed by atoms with Crippen LogP contribution in [0.25, 0.3) is 0 Å². The van der Waals surface area contributed by atoms with Gasteiger partial charge in [-0.3, -0.25) is 0 Å². The van der Waals surface area contributed by atoms with E-state index in [0.717, 1.165) is 0 Å². The monoisotopic (exact) mass is 260 g/mol. The number of hydrogen-bond donors (Lipinski definition) is 1. The first-order valence-corrected chi connectivity index (χ1v) is 6.54. The van der Waals surface area contributed by atoms with Crippen molar-refractivity contribution in [1.29, 1.82) is 0 Å². The summed E-state index contributed by atoms with van der Waals surface area (Å²) in [5.41, 5.74) is 0.550. The SMILES string of the molecule is COc1ccc(CNS(=O)(=O)N2CC2)cc1F. The zero-order valence-corrected chi connectivity index (χ0v) is 10.1. The molecule has 1 aromatic carbocycles. The van der Waals surface area contributed by atoms with E-state index in [1.54, 1.807) is 6.07 Å². The van der Waals surface area contributed by atoms with E-state index in [1.165, 1.54) is 23.5 Å².